The first-order valence-electron chi connectivity index (χ1n) is 10.9. The molecule has 0 saturated carbocycles. The molecule has 1 unspecified atom stereocenters. The normalized spacial score (nSPS) is 19.2. The van der Waals surface area contributed by atoms with E-state index in [0.717, 1.165) is 48.2 Å². The number of amides is 1. The fourth-order valence-corrected chi connectivity index (χ4v) is 4.42. The topological polar surface area (TPSA) is 99.4 Å². The summed E-state index contributed by atoms with van der Waals surface area (Å²) in [7, 11) is 1.90. The van der Waals surface area contributed by atoms with Gasteiger partial charge in [0.2, 0.25) is 5.95 Å². The van der Waals surface area contributed by atoms with Gasteiger partial charge < -0.3 is 20.2 Å². The van der Waals surface area contributed by atoms with Crippen LogP contribution in [0.4, 0.5) is 17.3 Å². The molecule has 2 aliphatic rings. The minimum atomic E-state index is -0.376. The molecular weight excluding hydrogens is 394 g/mol. The fraction of sp³-hybridized carbons (Fsp3) is 0.455. The van der Waals surface area contributed by atoms with Crippen molar-refractivity contribution in [3.63, 3.8) is 0 Å². The summed E-state index contributed by atoms with van der Waals surface area (Å²) in [5.41, 5.74) is 2.99. The van der Waals surface area contributed by atoms with E-state index in [4.69, 9.17) is 0 Å². The number of aryl methyl sites for hydroxylation is 1. The lowest BCUT2D eigenvalue weighted by Crippen LogP contribution is -2.30. The third kappa shape index (κ3) is 4.05. The molecule has 162 valence electrons. The molecule has 2 aliphatic heterocycles. The molecule has 0 aliphatic carbocycles. The molecule has 9 heteroatoms. The van der Waals surface area contributed by atoms with Crippen molar-refractivity contribution >= 4 is 34.1 Å². The number of piperidine rings is 1. The lowest BCUT2D eigenvalue weighted by Gasteiger charge is -2.30. The summed E-state index contributed by atoms with van der Waals surface area (Å²) in [5, 5.41) is 18.4. The van der Waals surface area contributed by atoms with Crippen LogP contribution >= 0.6 is 0 Å². The van der Waals surface area contributed by atoms with Gasteiger partial charge in [0.25, 0.3) is 5.91 Å². The van der Waals surface area contributed by atoms with Crippen molar-refractivity contribution < 1.29 is 9.90 Å². The number of β-amino-alcohol motifs (C(OH)–C–C–N with tert-alkyl or cyclic N) is 1. The summed E-state index contributed by atoms with van der Waals surface area (Å²) in [6, 6.07) is 5.67. The van der Waals surface area contributed by atoms with Crippen molar-refractivity contribution in [3.8, 4) is 0 Å². The Morgan fingerprint density at radius 3 is 2.77 bits per heavy atom. The van der Waals surface area contributed by atoms with Gasteiger partial charge in [-0.3, -0.25) is 9.48 Å². The highest BCUT2D eigenvalue weighted by atomic mass is 16.3. The Balaban J connectivity index is 1.44. The van der Waals surface area contributed by atoms with Crippen molar-refractivity contribution in [2.45, 2.75) is 31.8 Å². The maximum atomic E-state index is 13.1. The standard InChI is InChI=1S/C22H27N7O2/c1-27-13-15-11-19(20(12-18(15)26-27)28-8-3-2-4-9-28)24-21(31)17-5-7-23-22(25-17)29-10-6-16(30)14-29/h5,7,11-13,16,30H,2-4,6,8-10,14H2,1H3,(H,24,31). The van der Waals surface area contributed by atoms with E-state index in [0.29, 0.717) is 31.2 Å². The highest BCUT2D eigenvalue weighted by Gasteiger charge is 2.24. The van der Waals surface area contributed by atoms with Crippen molar-refractivity contribution in [1.29, 1.82) is 0 Å². The van der Waals surface area contributed by atoms with E-state index in [2.05, 4.69) is 31.3 Å². The monoisotopic (exact) mass is 421 g/mol. The molecule has 1 atom stereocenters. The second kappa shape index (κ2) is 8.14. The van der Waals surface area contributed by atoms with Gasteiger partial charge in [0, 0.05) is 51.0 Å². The Morgan fingerprint density at radius 2 is 2.00 bits per heavy atom. The van der Waals surface area contributed by atoms with Crippen LogP contribution in [0.3, 0.4) is 0 Å². The van der Waals surface area contributed by atoms with Crippen LogP contribution in [0.1, 0.15) is 36.2 Å². The summed E-state index contributed by atoms with van der Waals surface area (Å²) < 4.78 is 1.79. The van der Waals surface area contributed by atoms with E-state index in [-0.39, 0.29) is 12.0 Å². The van der Waals surface area contributed by atoms with E-state index >= 15 is 0 Å². The Labute approximate surface area is 180 Å². The molecule has 2 N–H and O–H groups in total. The molecule has 5 rings (SSSR count). The number of benzene rings is 1. The number of carbonyl (C=O) groups excluding carboxylic acids is 1. The van der Waals surface area contributed by atoms with Crippen LogP contribution in [0, 0.1) is 0 Å². The van der Waals surface area contributed by atoms with Crippen LogP contribution in [0.2, 0.25) is 0 Å². The zero-order valence-corrected chi connectivity index (χ0v) is 17.7. The first-order valence-corrected chi connectivity index (χ1v) is 10.9. The number of hydrogen-bond acceptors (Lipinski definition) is 7. The number of carbonyl (C=O) groups is 1. The molecular formula is C22H27N7O2. The number of aliphatic hydroxyl groups is 1. The molecule has 2 fully saturated rings. The van der Waals surface area contributed by atoms with Gasteiger partial charge in [-0.15, -0.1) is 0 Å². The Bertz CT molecular complexity index is 1110. The summed E-state index contributed by atoms with van der Waals surface area (Å²) in [4.78, 5) is 26.1. The molecule has 1 aromatic carbocycles. The second-order valence-electron chi connectivity index (χ2n) is 8.36. The van der Waals surface area contributed by atoms with E-state index in [1.165, 1.54) is 6.42 Å². The lowest BCUT2D eigenvalue weighted by atomic mass is 10.1. The molecule has 0 radical (unpaired) electrons. The summed E-state index contributed by atoms with van der Waals surface area (Å²) in [6.45, 7) is 3.11. The van der Waals surface area contributed by atoms with Gasteiger partial charge in [-0.1, -0.05) is 0 Å². The number of hydrogen-bond donors (Lipinski definition) is 2. The number of aromatic nitrogens is 4. The number of rotatable bonds is 4. The van der Waals surface area contributed by atoms with Crippen LogP contribution in [-0.4, -0.2) is 63.0 Å². The van der Waals surface area contributed by atoms with E-state index in [1.54, 1.807) is 16.9 Å². The molecule has 0 spiro atoms. The maximum absolute atomic E-state index is 13.1. The van der Waals surface area contributed by atoms with E-state index in [9.17, 15) is 9.90 Å². The quantitative estimate of drug-likeness (QED) is 0.666. The third-order valence-corrected chi connectivity index (χ3v) is 6.00. The highest BCUT2D eigenvalue weighted by Crippen LogP contribution is 2.33. The Kier molecular flexibility index (Phi) is 5.19. The minimum absolute atomic E-state index is 0.273. The van der Waals surface area contributed by atoms with Crippen molar-refractivity contribution in [2.75, 3.05) is 41.3 Å². The number of aliphatic hydroxyl groups excluding tert-OH is 1. The predicted molar refractivity (Wildman–Crippen MR) is 120 cm³/mol. The van der Waals surface area contributed by atoms with Gasteiger partial charge in [-0.25, -0.2) is 9.97 Å². The summed E-state index contributed by atoms with van der Waals surface area (Å²) in [6.07, 6.45) is 7.38. The van der Waals surface area contributed by atoms with Crippen LogP contribution in [0.15, 0.2) is 30.6 Å². The number of anilines is 3. The van der Waals surface area contributed by atoms with E-state index in [1.807, 2.05) is 24.2 Å². The number of nitrogens with one attached hydrogen (secondary N) is 1. The zero-order chi connectivity index (χ0) is 21.4. The SMILES string of the molecule is Cn1cc2cc(NC(=O)c3ccnc(N4CCC(O)C4)n3)c(N3CCCCC3)cc2n1. The first kappa shape index (κ1) is 19.7. The molecule has 3 aromatic rings. The van der Waals surface area contributed by atoms with Crippen LogP contribution in [0.5, 0.6) is 0 Å². The highest BCUT2D eigenvalue weighted by molar-refractivity contribution is 6.06. The minimum Gasteiger partial charge on any atom is -0.391 e. The lowest BCUT2D eigenvalue weighted by molar-refractivity contribution is 0.102. The van der Waals surface area contributed by atoms with Crippen molar-refractivity contribution in [3.05, 3.63) is 36.3 Å². The average molecular weight is 422 g/mol. The van der Waals surface area contributed by atoms with Gasteiger partial charge in [0.1, 0.15) is 5.69 Å². The Hall–Kier alpha value is -3.20. The fourth-order valence-electron chi connectivity index (χ4n) is 4.42. The molecule has 4 heterocycles. The van der Waals surface area contributed by atoms with Gasteiger partial charge in [-0.2, -0.15) is 5.10 Å². The molecule has 2 saturated heterocycles. The first-order chi connectivity index (χ1) is 15.1. The van der Waals surface area contributed by atoms with Crippen molar-refractivity contribution in [1.82, 2.24) is 19.7 Å². The van der Waals surface area contributed by atoms with Gasteiger partial charge in [0.05, 0.1) is 23.0 Å². The smallest absolute Gasteiger partial charge is 0.274 e. The molecule has 9 nitrogen and oxygen atoms in total. The molecule has 1 amide bonds. The van der Waals surface area contributed by atoms with Crippen molar-refractivity contribution in [2.24, 2.45) is 7.05 Å². The third-order valence-electron chi connectivity index (χ3n) is 6.00. The molecule has 2 aromatic heterocycles. The second-order valence-corrected chi connectivity index (χ2v) is 8.36. The number of nitrogens with zero attached hydrogens (tertiary/aromatic N) is 6. The van der Waals surface area contributed by atoms with E-state index < -0.39 is 0 Å². The summed E-state index contributed by atoms with van der Waals surface area (Å²) in [5.74, 6) is 0.202. The van der Waals surface area contributed by atoms with Gasteiger partial charge >= 0.3 is 0 Å². The predicted octanol–water partition coefficient (Wildman–Crippen LogP) is 2.18. The van der Waals surface area contributed by atoms with Crippen LogP contribution in [0.25, 0.3) is 10.9 Å². The maximum Gasteiger partial charge on any atom is 0.274 e. The molecule has 0 bridgehead atoms. The largest absolute Gasteiger partial charge is 0.391 e. The van der Waals surface area contributed by atoms with Crippen LogP contribution in [-0.2, 0) is 7.05 Å². The summed E-state index contributed by atoms with van der Waals surface area (Å²) >= 11 is 0. The average Bonchev–Trinajstić information content (AvgIpc) is 3.38. The Morgan fingerprint density at radius 1 is 1.16 bits per heavy atom. The number of fused-ring (bicyclic) bond motifs is 1. The van der Waals surface area contributed by atoms with Gasteiger partial charge in [0.15, 0.2) is 0 Å². The molecule has 31 heavy (non-hydrogen) atoms. The zero-order valence-electron chi connectivity index (χ0n) is 17.7. The van der Waals surface area contributed by atoms with Crippen LogP contribution < -0.4 is 15.1 Å². The van der Waals surface area contributed by atoms with Gasteiger partial charge in [-0.05, 0) is 43.9 Å².